The summed E-state index contributed by atoms with van der Waals surface area (Å²) in [6, 6.07) is 0. The van der Waals surface area contributed by atoms with Crippen molar-refractivity contribution in [3.05, 3.63) is 0 Å². The summed E-state index contributed by atoms with van der Waals surface area (Å²) in [6.45, 7) is 14.4. The maximum Gasteiger partial charge on any atom is 0.286 e. The molecule has 1 aliphatic carbocycles. The number of alkyl halides is 2. The van der Waals surface area contributed by atoms with Gasteiger partial charge in [0.1, 0.15) is 12.7 Å². The second kappa shape index (κ2) is 8.78. The predicted octanol–water partition coefficient (Wildman–Crippen LogP) is 5.61. The second-order valence-electron chi connectivity index (χ2n) is 10.7. The molecule has 1 unspecified atom stereocenters. The standard InChI is InChI=1S/C23H39F2NO/c1-21(2,3)13-7-15-27-20-12-14-26(17-23(20,24)25)16-18-8-10-19(11-9-18)22(4,5)6/h18-20H,8-12,14-17H2,1-6H3. The third kappa shape index (κ3) is 7.35. The predicted molar refractivity (Wildman–Crippen MR) is 108 cm³/mol. The molecular formula is C23H39F2NO. The molecule has 27 heavy (non-hydrogen) atoms. The summed E-state index contributed by atoms with van der Waals surface area (Å²) in [5.41, 5.74) is 0.241. The van der Waals surface area contributed by atoms with E-state index in [9.17, 15) is 8.78 Å². The van der Waals surface area contributed by atoms with Crippen molar-refractivity contribution in [1.29, 1.82) is 0 Å². The van der Waals surface area contributed by atoms with Gasteiger partial charge in [-0.1, -0.05) is 32.6 Å². The molecule has 156 valence electrons. The Morgan fingerprint density at radius 3 is 2.15 bits per heavy atom. The van der Waals surface area contributed by atoms with Gasteiger partial charge in [0, 0.05) is 18.5 Å². The zero-order valence-corrected chi connectivity index (χ0v) is 18.2. The molecule has 4 heteroatoms. The van der Waals surface area contributed by atoms with E-state index in [1.807, 2.05) is 25.7 Å². The van der Waals surface area contributed by atoms with Crippen LogP contribution in [-0.4, -0.2) is 43.2 Å². The van der Waals surface area contributed by atoms with Crippen LogP contribution in [0, 0.1) is 34.5 Å². The fraction of sp³-hybridized carbons (Fsp3) is 0.913. The van der Waals surface area contributed by atoms with Gasteiger partial charge in [-0.15, -0.1) is 0 Å². The SMILES string of the molecule is CC(C)(C)C#CCOC1CCN(CC2CCC(C(C)(C)C)CC2)CC1(F)F. The van der Waals surface area contributed by atoms with Crippen molar-refractivity contribution < 1.29 is 13.5 Å². The summed E-state index contributed by atoms with van der Waals surface area (Å²) in [4.78, 5) is 1.96. The van der Waals surface area contributed by atoms with E-state index in [0.717, 1.165) is 12.5 Å². The maximum absolute atomic E-state index is 14.5. The minimum Gasteiger partial charge on any atom is -0.359 e. The summed E-state index contributed by atoms with van der Waals surface area (Å²) in [5, 5.41) is 0. The highest BCUT2D eigenvalue weighted by molar-refractivity contribution is 5.07. The molecule has 2 rings (SSSR count). The molecule has 0 aromatic rings. The third-order valence-corrected chi connectivity index (χ3v) is 6.02. The molecule has 2 nitrogen and oxygen atoms in total. The van der Waals surface area contributed by atoms with E-state index in [4.69, 9.17) is 4.74 Å². The maximum atomic E-state index is 14.5. The largest absolute Gasteiger partial charge is 0.359 e. The molecule has 0 spiro atoms. The number of halogens is 2. The lowest BCUT2D eigenvalue weighted by Gasteiger charge is -2.41. The van der Waals surface area contributed by atoms with Gasteiger partial charge < -0.3 is 4.74 Å². The summed E-state index contributed by atoms with van der Waals surface area (Å²) in [7, 11) is 0. The van der Waals surface area contributed by atoms with Gasteiger partial charge in [-0.05, 0) is 70.1 Å². The Kier molecular flexibility index (Phi) is 7.36. The lowest BCUT2D eigenvalue weighted by Crippen LogP contribution is -2.53. The molecule has 1 atom stereocenters. The fourth-order valence-electron chi connectivity index (χ4n) is 4.37. The number of nitrogens with zero attached hydrogens (tertiary/aromatic N) is 1. The summed E-state index contributed by atoms with van der Waals surface area (Å²) < 4.78 is 34.5. The average Bonchev–Trinajstić information content (AvgIpc) is 2.51. The number of hydrogen-bond acceptors (Lipinski definition) is 2. The molecule has 0 aromatic carbocycles. The van der Waals surface area contributed by atoms with Crippen molar-refractivity contribution >= 4 is 0 Å². The zero-order valence-electron chi connectivity index (χ0n) is 18.2. The Morgan fingerprint density at radius 1 is 1.00 bits per heavy atom. The summed E-state index contributed by atoms with van der Waals surface area (Å²) in [6.07, 6.45) is 4.20. The van der Waals surface area contributed by atoms with E-state index >= 15 is 0 Å². The first-order valence-corrected chi connectivity index (χ1v) is 10.6. The van der Waals surface area contributed by atoms with Gasteiger partial charge in [0.15, 0.2) is 0 Å². The van der Waals surface area contributed by atoms with Crippen molar-refractivity contribution in [3.8, 4) is 11.8 Å². The molecule has 0 aromatic heterocycles. The van der Waals surface area contributed by atoms with E-state index in [0.29, 0.717) is 24.3 Å². The van der Waals surface area contributed by atoms with Crippen molar-refractivity contribution in [2.75, 3.05) is 26.2 Å². The first kappa shape index (κ1) is 22.6. The van der Waals surface area contributed by atoms with Crippen LogP contribution in [0.5, 0.6) is 0 Å². The van der Waals surface area contributed by atoms with E-state index in [1.165, 1.54) is 25.7 Å². The molecule has 0 bridgehead atoms. The summed E-state index contributed by atoms with van der Waals surface area (Å²) >= 11 is 0. The van der Waals surface area contributed by atoms with E-state index < -0.39 is 12.0 Å². The quantitative estimate of drug-likeness (QED) is 0.585. The van der Waals surface area contributed by atoms with E-state index in [-0.39, 0.29) is 18.6 Å². The van der Waals surface area contributed by atoms with Crippen LogP contribution in [0.1, 0.15) is 73.6 Å². The topological polar surface area (TPSA) is 12.5 Å². The normalized spacial score (nSPS) is 29.9. The molecule has 1 aliphatic heterocycles. The van der Waals surface area contributed by atoms with Gasteiger partial charge in [-0.25, -0.2) is 8.78 Å². The minimum atomic E-state index is -2.79. The Balaban J connectivity index is 1.77. The van der Waals surface area contributed by atoms with E-state index in [2.05, 4.69) is 32.6 Å². The molecule has 2 fully saturated rings. The van der Waals surface area contributed by atoms with Crippen molar-refractivity contribution in [1.82, 2.24) is 4.90 Å². The minimum absolute atomic E-state index is 0.0916. The van der Waals surface area contributed by atoms with Gasteiger partial charge >= 0.3 is 0 Å². The summed E-state index contributed by atoms with van der Waals surface area (Å²) in [5.74, 6) is 4.46. The monoisotopic (exact) mass is 383 g/mol. The van der Waals surface area contributed by atoms with Crippen LogP contribution in [0.3, 0.4) is 0 Å². The average molecular weight is 384 g/mol. The van der Waals surface area contributed by atoms with Crippen molar-refractivity contribution in [2.24, 2.45) is 22.7 Å². The lowest BCUT2D eigenvalue weighted by atomic mass is 9.70. The fourth-order valence-corrected chi connectivity index (χ4v) is 4.37. The number of hydrogen-bond donors (Lipinski definition) is 0. The third-order valence-electron chi connectivity index (χ3n) is 6.02. The van der Waals surface area contributed by atoms with Gasteiger partial charge in [0.2, 0.25) is 0 Å². The molecule has 1 saturated heterocycles. The van der Waals surface area contributed by atoms with Crippen LogP contribution >= 0.6 is 0 Å². The van der Waals surface area contributed by atoms with Crippen molar-refractivity contribution in [3.63, 3.8) is 0 Å². The van der Waals surface area contributed by atoms with Gasteiger partial charge in [-0.3, -0.25) is 4.90 Å². The molecule has 2 aliphatic rings. The highest BCUT2D eigenvalue weighted by Gasteiger charge is 2.45. The van der Waals surface area contributed by atoms with Crippen LogP contribution in [0.2, 0.25) is 0 Å². The van der Waals surface area contributed by atoms with Crippen LogP contribution in [0.4, 0.5) is 8.78 Å². The number of piperidine rings is 1. The molecule has 1 saturated carbocycles. The Labute approximate surface area is 165 Å². The molecule has 0 amide bonds. The first-order chi connectivity index (χ1) is 12.4. The number of likely N-dealkylation sites (tertiary alicyclic amines) is 1. The smallest absolute Gasteiger partial charge is 0.286 e. The Bertz CT molecular complexity index is 527. The first-order valence-electron chi connectivity index (χ1n) is 10.6. The molecule has 1 heterocycles. The molecular weight excluding hydrogens is 344 g/mol. The van der Waals surface area contributed by atoms with Gasteiger partial charge in [0.25, 0.3) is 5.92 Å². The highest BCUT2D eigenvalue weighted by Crippen LogP contribution is 2.40. The van der Waals surface area contributed by atoms with Crippen LogP contribution in [0.25, 0.3) is 0 Å². The zero-order chi connectivity index (χ0) is 20.3. The Hall–Kier alpha value is -0.660. The van der Waals surface area contributed by atoms with Gasteiger partial charge in [-0.2, -0.15) is 0 Å². The Morgan fingerprint density at radius 2 is 1.63 bits per heavy atom. The van der Waals surface area contributed by atoms with E-state index in [1.54, 1.807) is 0 Å². The molecule has 0 N–H and O–H groups in total. The van der Waals surface area contributed by atoms with Crippen LogP contribution in [-0.2, 0) is 4.74 Å². The van der Waals surface area contributed by atoms with Crippen molar-refractivity contribution in [2.45, 2.75) is 85.7 Å². The number of rotatable bonds is 4. The lowest BCUT2D eigenvalue weighted by molar-refractivity contribution is -0.169. The highest BCUT2D eigenvalue weighted by atomic mass is 19.3. The van der Waals surface area contributed by atoms with Crippen LogP contribution in [0.15, 0.2) is 0 Å². The van der Waals surface area contributed by atoms with Crippen LogP contribution < -0.4 is 0 Å². The molecule has 0 radical (unpaired) electrons. The van der Waals surface area contributed by atoms with Gasteiger partial charge in [0.05, 0.1) is 6.54 Å². The second-order valence-corrected chi connectivity index (χ2v) is 10.7. The number of ether oxygens (including phenoxy) is 1.